The zero-order valence-electron chi connectivity index (χ0n) is 12.8. The molecule has 0 radical (unpaired) electrons. The van der Waals surface area contributed by atoms with Gasteiger partial charge in [0.05, 0.1) is 12.7 Å². The Morgan fingerprint density at radius 1 is 1.25 bits per heavy atom. The van der Waals surface area contributed by atoms with Gasteiger partial charge in [-0.25, -0.2) is 0 Å². The number of nitrogens with zero attached hydrogens (tertiary/aromatic N) is 2. The van der Waals surface area contributed by atoms with Gasteiger partial charge in [0.15, 0.2) is 0 Å². The SMILES string of the molecule is CCOc1ccc(N(C)C(=O)[C@H]([C@H](C)O)N(C)C)cc1. The summed E-state index contributed by atoms with van der Waals surface area (Å²) < 4.78 is 5.37. The number of likely N-dealkylation sites (N-methyl/N-ethyl adjacent to an activating group) is 2. The minimum absolute atomic E-state index is 0.144. The van der Waals surface area contributed by atoms with Crippen molar-refractivity contribution >= 4 is 11.6 Å². The predicted molar refractivity (Wildman–Crippen MR) is 80.2 cm³/mol. The van der Waals surface area contributed by atoms with Crippen LogP contribution in [0, 0.1) is 0 Å². The lowest BCUT2D eigenvalue weighted by molar-refractivity contribution is -0.125. The van der Waals surface area contributed by atoms with Crippen LogP contribution in [0.1, 0.15) is 13.8 Å². The third kappa shape index (κ3) is 3.95. The van der Waals surface area contributed by atoms with Gasteiger partial charge in [-0.1, -0.05) is 0 Å². The summed E-state index contributed by atoms with van der Waals surface area (Å²) in [5.41, 5.74) is 0.769. The van der Waals surface area contributed by atoms with Crippen LogP contribution in [0.2, 0.25) is 0 Å². The molecule has 1 N–H and O–H groups in total. The Morgan fingerprint density at radius 2 is 1.80 bits per heavy atom. The second-order valence-corrected chi connectivity index (χ2v) is 4.97. The number of amides is 1. The first-order valence-corrected chi connectivity index (χ1v) is 6.73. The van der Waals surface area contributed by atoms with E-state index < -0.39 is 12.1 Å². The van der Waals surface area contributed by atoms with Gasteiger partial charge in [0.25, 0.3) is 0 Å². The van der Waals surface area contributed by atoms with Crippen molar-refractivity contribution in [1.29, 1.82) is 0 Å². The zero-order valence-corrected chi connectivity index (χ0v) is 12.8. The molecule has 20 heavy (non-hydrogen) atoms. The number of benzene rings is 1. The van der Waals surface area contributed by atoms with Crippen molar-refractivity contribution in [2.45, 2.75) is 26.0 Å². The molecular formula is C15H24N2O3. The summed E-state index contributed by atoms with van der Waals surface area (Å²) in [4.78, 5) is 15.7. The monoisotopic (exact) mass is 280 g/mol. The van der Waals surface area contributed by atoms with Crippen LogP contribution in [-0.4, -0.2) is 55.8 Å². The molecule has 0 saturated carbocycles. The first-order valence-electron chi connectivity index (χ1n) is 6.73. The normalized spacial score (nSPS) is 13.9. The summed E-state index contributed by atoms with van der Waals surface area (Å²) >= 11 is 0. The maximum atomic E-state index is 12.4. The van der Waals surface area contributed by atoms with E-state index in [4.69, 9.17) is 4.74 Å². The fraction of sp³-hybridized carbons (Fsp3) is 0.533. The van der Waals surface area contributed by atoms with Gasteiger partial charge in [0.1, 0.15) is 11.8 Å². The highest BCUT2D eigenvalue weighted by Crippen LogP contribution is 2.20. The van der Waals surface area contributed by atoms with Crippen molar-refractivity contribution < 1.29 is 14.6 Å². The summed E-state index contributed by atoms with van der Waals surface area (Å²) in [6.07, 6.45) is -0.734. The number of rotatable bonds is 6. The molecule has 1 aromatic carbocycles. The molecule has 1 rings (SSSR count). The van der Waals surface area contributed by atoms with Gasteiger partial charge in [0, 0.05) is 12.7 Å². The Labute approximate surface area is 120 Å². The Balaban J connectivity index is 2.87. The van der Waals surface area contributed by atoms with Crippen molar-refractivity contribution in [1.82, 2.24) is 4.90 Å². The minimum atomic E-state index is -0.734. The zero-order chi connectivity index (χ0) is 15.3. The third-order valence-corrected chi connectivity index (χ3v) is 3.13. The summed E-state index contributed by atoms with van der Waals surface area (Å²) in [5, 5.41) is 9.75. The highest BCUT2D eigenvalue weighted by atomic mass is 16.5. The van der Waals surface area contributed by atoms with Gasteiger partial charge in [-0.2, -0.15) is 0 Å². The summed E-state index contributed by atoms with van der Waals surface area (Å²) in [6, 6.07) is 6.76. The van der Waals surface area contributed by atoms with E-state index in [1.165, 1.54) is 0 Å². The molecule has 0 aliphatic heterocycles. The Hall–Kier alpha value is -1.59. The summed E-state index contributed by atoms with van der Waals surface area (Å²) in [7, 11) is 5.26. The molecule has 0 aliphatic rings. The molecule has 0 unspecified atom stereocenters. The molecule has 0 heterocycles. The van der Waals surface area contributed by atoms with Crippen LogP contribution in [0.25, 0.3) is 0 Å². The number of hydrogen-bond donors (Lipinski definition) is 1. The number of aliphatic hydroxyl groups excluding tert-OH is 1. The first-order chi connectivity index (χ1) is 9.38. The van der Waals surface area contributed by atoms with E-state index in [0.717, 1.165) is 11.4 Å². The van der Waals surface area contributed by atoms with Crippen LogP contribution in [0.15, 0.2) is 24.3 Å². The lowest BCUT2D eigenvalue weighted by Crippen LogP contribution is -2.50. The van der Waals surface area contributed by atoms with E-state index in [9.17, 15) is 9.90 Å². The molecule has 0 saturated heterocycles. The van der Waals surface area contributed by atoms with Crippen molar-refractivity contribution in [2.24, 2.45) is 0 Å². The summed E-state index contributed by atoms with van der Waals surface area (Å²) in [6.45, 7) is 4.15. The Morgan fingerprint density at radius 3 is 2.20 bits per heavy atom. The first kappa shape index (κ1) is 16.5. The molecule has 0 spiro atoms. The number of carbonyl (C=O) groups excluding carboxylic acids is 1. The lowest BCUT2D eigenvalue weighted by atomic mass is 10.1. The lowest BCUT2D eigenvalue weighted by Gasteiger charge is -2.30. The van der Waals surface area contributed by atoms with E-state index in [2.05, 4.69) is 0 Å². The number of anilines is 1. The molecule has 0 fully saturated rings. The second-order valence-electron chi connectivity index (χ2n) is 4.97. The maximum Gasteiger partial charge on any atom is 0.246 e. The smallest absolute Gasteiger partial charge is 0.246 e. The molecule has 0 bridgehead atoms. The van der Waals surface area contributed by atoms with Gasteiger partial charge in [-0.3, -0.25) is 9.69 Å². The fourth-order valence-corrected chi connectivity index (χ4v) is 2.12. The maximum absolute atomic E-state index is 12.4. The van der Waals surface area contributed by atoms with Gasteiger partial charge >= 0.3 is 0 Å². The molecule has 5 nitrogen and oxygen atoms in total. The van der Waals surface area contributed by atoms with Crippen LogP contribution in [0.5, 0.6) is 5.75 Å². The van der Waals surface area contributed by atoms with E-state index >= 15 is 0 Å². The number of hydrogen-bond acceptors (Lipinski definition) is 4. The van der Waals surface area contributed by atoms with Crippen LogP contribution in [0.3, 0.4) is 0 Å². The average molecular weight is 280 g/mol. The fourth-order valence-electron chi connectivity index (χ4n) is 2.12. The minimum Gasteiger partial charge on any atom is -0.494 e. The van der Waals surface area contributed by atoms with Gasteiger partial charge < -0.3 is 14.7 Å². The van der Waals surface area contributed by atoms with Crippen LogP contribution >= 0.6 is 0 Å². The van der Waals surface area contributed by atoms with Gasteiger partial charge in [-0.15, -0.1) is 0 Å². The van der Waals surface area contributed by atoms with E-state index in [1.54, 1.807) is 37.9 Å². The van der Waals surface area contributed by atoms with Gasteiger partial charge in [-0.05, 0) is 52.2 Å². The van der Waals surface area contributed by atoms with Crippen molar-refractivity contribution in [2.75, 3.05) is 32.6 Å². The van der Waals surface area contributed by atoms with Crippen LogP contribution in [-0.2, 0) is 4.79 Å². The molecule has 5 heteroatoms. The number of ether oxygens (including phenoxy) is 1. The molecule has 1 aromatic rings. The van der Waals surface area contributed by atoms with E-state index in [-0.39, 0.29) is 5.91 Å². The molecule has 1 amide bonds. The summed E-state index contributed by atoms with van der Waals surface area (Å²) in [5.74, 6) is 0.631. The van der Waals surface area contributed by atoms with Gasteiger partial charge in [0.2, 0.25) is 5.91 Å². The number of aliphatic hydroxyl groups is 1. The molecule has 2 atom stereocenters. The average Bonchev–Trinajstić information content (AvgIpc) is 2.38. The number of carbonyl (C=O) groups is 1. The molecule has 0 aromatic heterocycles. The molecular weight excluding hydrogens is 256 g/mol. The van der Waals surface area contributed by atoms with Crippen molar-refractivity contribution in [3.05, 3.63) is 24.3 Å². The van der Waals surface area contributed by atoms with E-state index in [1.807, 2.05) is 31.2 Å². The Bertz CT molecular complexity index is 421. The van der Waals surface area contributed by atoms with Crippen molar-refractivity contribution in [3.63, 3.8) is 0 Å². The molecule has 112 valence electrons. The Kier molecular flexibility index (Phi) is 5.98. The topological polar surface area (TPSA) is 53.0 Å². The quantitative estimate of drug-likeness (QED) is 0.855. The third-order valence-electron chi connectivity index (χ3n) is 3.13. The highest BCUT2D eigenvalue weighted by Gasteiger charge is 2.29. The van der Waals surface area contributed by atoms with Crippen LogP contribution < -0.4 is 9.64 Å². The second kappa shape index (κ2) is 7.26. The van der Waals surface area contributed by atoms with E-state index in [0.29, 0.717) is 6.61 Å². The van der Waals surface area contributed by atoms with Crippen LogP contribution in [0.4, 0.5) is 5.69 Å². The van der Waals surface area contributed by atoms with Crippen molar-refractivity contribution in [3.8, 4) is 5.75 Å². The molecule has 0 aliphatic carbocycles. The largest absolute Gasteiger partial charge is 0.494 e. The standard InChI is InChI=1S/C15H24N2O3/c1-6-20-13-9-7-12(8-10-13)17(5)15(19)14(11(2)18)16(3)4/h7-11,14,18H,6H2,1-5H3/t11-,14-/m0/s1. The highest BCUT2D eigenvalue weighted by molar-refractivity contribution is 5.97. The predicted octanol–water partition coefficient (Wildman–Crippen LogP) is 1.36.